The molecule has 0 fully saturated rings. The number of nitrogens with zero attached hydrogens (tertiary/aromatic N) is 1. The van der Waals surface area contributed by atoms with Gasteiger partial charge in [-0.2, -0.15) is 0 Å². The molecule has 1 rings (SSSR count). The van der Waals surface area contributed by atoms with E-state index < -0.39 is 10.8 Å². The highest BCUT2D eigenvalue weighted by atomic mass is 32.2. The molecule has 0 aliphatic rings. The smallest absolute Gasteiger partial charge is 0.251 e. The molecule has 0 spiro atoms. The summed E-state index contributed by atoms with van der Waals surface area (Å²) in [5.41, 5.74) is 6.70. The molecule has 3 N–H and O–H groups in total. The summed E-state index contributed by atoms with van der Waals surface area (Å²) in [5.74, 6) is -0.152. The van der Waals surface area contributed by atoms with Crippen LogP contribution in [0.3, 0.4) is 0 Å². The Morgan fingerprint density at radius 2 is 2.33 bits per heavy atom. The number of nitrogens with two attached hydrogens (primary N) is 1. The first-order valence-electron chi connectivity index (χ1n) is 5.80. The van der Waals surface area contributed by atoms with Crippen LogP contribution in [0.5, 0.6) is 0 Å². The maximum absolute atomic E-state index is 11.8. The molecule has 0 radical (unpaired) electrons. The van der Waals surface area contributed by atoms with Crippen LogP contribution in [-0.2, 0) is 17.3 Å². The zero-order chi connectivity index (χ0) is 13.5. The van der Waals surface area contributed by atoms with Crippen LogP contribution < -0.4 is 11.1 Å². The van der Waals surface area contributed by atoms with Crippen LogP contribution in [0.25, 0.3) is 0 Å². The van der Waals surface area contributed by atoms with Crippen molar-refractivity contribution < 1.29 is 9.00 Å². The highest BCUT2D eigenvalue weighted by molar-refractivity contribution is 7.84. The van der Waals surface area contributed by atoms with E-state index >= 15 is 0 Å². The predicted octanol–water partition coefficient (Wildman–Crippen LogP) is 0.427. The predicted molar refractivity (Wildman–Crippen MR) is 72.6 cm³/mol. The Morgan fingerprint density at radius 1 is 1.61 bits per heavy atom. The summed E-state index contributed by atoms with van der Waals surface area (Å²) >= 11 is 0. The van der Waals surface area contributed by atoms with E-state index in [2.05, 4.69) is 10.3 Å². The standard InChI is InChI=1S/C12H19N3O2S/c1-9(18(2)17)3-5-15-12(16)10-4-6-14-11(7-10)8-13/h4,6-7,9H,3,5,8,13H2,1-2H3,(H,15,16). The van der Waals surface area contributed by atoms with Crippen molar-refractivity contribution in [1.82, 2.24) is 10.3 Å². The largest absolute Gasteiger partial charge is 0.352 e. The van der Waals surface area contributed by atoms with Gasteiger partial charge in [0.05, 0.1) is 5.69 Å². The molecule has 0 aliphatic carbocycles. The molecule has 2 unspecified atom stereocenters. The second kappa shape index (κ2) is 7.23. The zero-order valence-electron chi connectivity index (χ0n) is 10.7. The lowest BCUT2D eigenvalue weighted by molar-refractivity contribution is 0.0953. The monoisotopic (exact) mass is 269 g/mol. The Labute approximate surface area is 110 Å². The lowest BCUT2D eigenvalue weighted by Crippen LogP contribution is -2.27. The first-order chi connectivity index (χ1) is 8.54. The number of amides is 1. The number of carbonyl (C=O) groups excluding carboxylic acids is 1. The third-order valence-electron chi connectivity index (χ3n) is 2.69. The van der Waals surface area contributed by atoms with Gasteiger partial charge in [-0.3, -0.25) is 14.0 Å². The summed E-state index contributed by atoms with van der Waals surface area (Å²) in [6, 6.07) is 3.33. The van der Waals surface area contributed by atoms with Crippen LogP contribution >= 0.6 is 0 Å². The second-order valence-corrected chi connectivity index (χ2v) is 5.90. The van der Waals surface area contributed by atoms with E-state index in [0.717, 1.165) is 0 Å². The first kappa shape index (κ1) is 14.8. The van der Waals surface area contributed by atoms with Crippen LogP contribution in [-0.4, -0.2) is 33.2 Å². The number of nitrogens with one attached hydrogen (secondary N) is 1. The molecular weight excluding hydrogens is 250 g/mol. The molecule has 6 heteroatoms. The van der Waals surface area contributed by atoms with Gasteiger partial charge in [0.15, 0.2) is 0 Å². The molecule has 1 aromatic heterocycles. The summed E-state index contributed by atoms with van der Waals surface area (Å²) in [7, 11) is -0.852. The molecule has 0 aromatic carbocycles. The molecule has 100 valence electrons. The Kier molecular flexibility index (Phi) is 5.94. The Bertz CT molecular complexity index is 437. The van der Waals surface area contributed by atoms with E-state index in [0.29, 0.717) is 30.8 Å². The molecular formula is C12H19N3O2S. The molecule has 2 atom stereocenters. The number of carbonyl (C=O) groups is 1. The van der Waals surface area contributed by atoms with Gasteiger partial charge in [-0.25, -0.2) is 0 Å². The quantitative estimate of drug-likeness (QED) is 0.784. The molecule has 1 aromatic rings. The van der Waals surface area contributed by atoms with E-state index in [-0.39, 0.29) is 11.2 Å². The van der Waals surface area contributed by atoms with Crippen molar-refractivity contribution in [3.05, 3.63) is 29.6 Å². The van der Waals surface area contributed by atoms with Crippen molar-refractivity contribution in [1.29, 1.82) is 0 Å². The van der Waals surface area contributed by atoms with E-state index in [1.54, 1.807) is 24.6 Å². The third-order valence-corrected chi connectivity index (χ3v) is 4.06. The average molecular weight is 269 g/mol. The molecule has 0 bridgehead atoms. The van der Waals surface area contributed by atoms with Gasteiger partial charge >= 0.3 is 0 Å². The third kappa shape index (κ3) is 4.54. The number of pyridine rings is 1. The van der Waals surface area contributed by atoms with Gasteiger partial charge in [0.25, 0.3) is 5.91 Å². The molecule has 18 heavy (non-hydrogen) atoms. The minimum atomic E-state index is -0.852. The van der Waals surface area contributed by atoms with Crippen molar-refractivity contribution in [3.63, 3.8) is 0 Å². The maximum Gasteiger partial charge on any atom is 0.251 e. The molecule has 0 aliphatic heterocycles. The van der Waals surface area contributed by atoms with Crippen molar-refractivity contribution >= 4 is 16.7 Å². The SMILES string of the molecule is CC(CCNC(=O)c1ccnc(CN)c1)S(C)=O. The summed E-state index contributed by atoms with van der Waals surface area (Å²) in [6.45, 7) is 2.73. The molecule has 5 nitrogen and oxygen atoms in total. The Balaban J connectivity index is 2.47. The first-order valence-corrected chi connectivity index (χ1v) is 7.42. The topological polar surface area (TPSA) is 85.1 Å². The number of rotatable bonds is 6. The Morgan fingerprint density at radius 3 is 2.94 bits per heavy atom. The zero-order valence-corrected chi connectivity index (χ0v) is 11.5. The summed E-state index contributed by atoms with van der Waals surface area (Å²) in [4.78, 5) is 15.8. The van der Waals surface area contributed by atoms with Gasteiger partial charge in [-0.1, -0.05) is 6.92 Å². The lowest BCUT2D eigenvalue weighted by Gasteiger charge is -2.09. The van der Waals surface area contributed by atoms with Gasteiger partial charge in [-0.15, -0.1) is 0 Å². The minimum absolute atomic E-state index is 0.0855. The number of aromatic nitrogens is 1. The summed E-state index contributed by atoms with van der Waals surface area (Å²) in [5, 5.41) is 2.88. The van der Waals surface area contributed by atoms with Crippen LogP contribution in [0.2, 0.25) is 0 Å². The summed E-state index contributed by atoms with van der Waals surface area (Å²) in [6.07, 6.45) is 3.94. The maximum atomic E-state index is 11.8. The number of hydrogen-bond donors (Lipinski definition) is 2. The average Bonchev–Trinajstić information content (AvgIpc) is 2.38. The van der Waals surface area contributed by atoms with Gasteiger partial charge in [0, 0.05) is 47.2 Å². The lowest BCUT2D eigenvalue weighted by atomic mass is 10.2. The molecule has 1 amide bonds. The fourth-order valence-corrected chi connectivity index (χ4v) is 1.84. The van der Waals surface area contributed by atoms with E-state index in [1.807, 2.05) is 6.92 Å². The minimum Gasteiger partial charge on any atom is -0.352 e. The van der Waals surface area contributed by atoms with Gasteiger partial charge in [0.1, 0.15) is 0 Å². The summed E-state index contributed by atoms with van der Waals surface area (Å²) < 4.78 is 11.1. The molecule has 1 heterocycles. The Hall–Kier alpha value is -1.27. The van der Waals surface area contributed by atoms with Crippen molar-refractivity contribution in [2.75, 3.05) is 12.8 Å². The van der Waals surface area contributed by atoms with Crippen molar-refractivity contribution in [2.24, 2.45) is 5.73 Å². The molecule has 0 saturated carbocycles. The highest BCUT2D eigenvalue weighted by Crippen LogP contribution is 2.02. The van der Waals surface area contributed by atoms with Crippen LogP contribution in [0.15, 0.2) is 18.3 Å². The van der Waals surface area contributed by atoms with Crippen LogP contribution in [0.4, 0.5) is 0 Å². The van der Waals surface area contributed by atoms with Crippen LogP contribution in [0, 0.1) is 0 Å². The van der Waals surface area contributed by atoms with Gasteiger partial charge in [-0.05, 0) is 18.6 Å². The van der Waals surface area contributed by atoms with Crippen molar-refractivity contribution in [3.8, 4) is 0 Å². The van der Waals surface area contributed by atoms with Gasteiger partial charge in [0.2, 0.25) is 0 Å². The molecule has 0 saturated heterocycles. The van der Waals surface area contributed by atoms with E-state index in [9.17, 15) is 9.00 Å². The normalized spacial score (nSPS) is 13.9. The number of hydrogen-bond acceptors (Lipinski definition) is 4. The van der Waals surface area contributed by atoms with Gasteiger partial charge < -0.3 is 11.1 Å². The van der Waals surface area contributed by atoms with Crippen molar-refractivity contribution in [2.45, 2.75) is 25.1 Å². The van der Waals surface area contributed by atoms with E-state index in [1.165, 1.54) is 0 Å². The fraction of sp³-hybridized carbons (Fsp3) is 0.500. The highest BCUT2D eigenvalue weighted by Gasteiger charge is 2.09. The second-order valence-electron chi connectivity index (χ2n) is 4.09. The fourth-order valence-electron chi connectivity index (χ4n) is 1.39. The van der Waals surface area contributed by atoms with Crippen LogP contribution in [0.1, 0.15) is 29.4 Å². The van der Waals surface area contributed by atoms with E-state index in [4.69, 9.17) is 5.73 Å².